The number of nitrogens with zero attached hydrogens (tertiary/aromatic N) is 2. The van der Waals surface area contributed by atoms with Crippen LogP contribution in [0.5, 0.6) is 11.6 Å². The molecule has 0 saturated heterocycles. The van der Waals surface area contributed by atoms with Crippen LogP contribution in [0, 0.1) is 6.92 Å². The van der Waals surface area contributed by atoms with E-state index in [1.54, 1.807) is 6.07 Å². The van der Waals surface area contributed by atoms with Crippen molar-refractivity contribution < 1.29 is 4.74 Å². The van der Waals surface area contributed by atoms with E-state index in [4.69, 9.17) is 34.3 Å². The fourth-order valence-electron chi connectivity index (χ4n) is 1.30. The summed E-state index contributed by atoms with van der Waals surface area (Å²) in [6.45, 7) is 1.95. The van der Waals surface area contributed by atoms with E-state index in [2.05, 4.69) is 9.97 Å². The van der Waals surface area contributed by atoms with Gasteiger partial charge in [0, 0.05) is 0 Å². The molecule has 1 aromatic heterocycles. The predicted molar refractivity (Wildman–Crippen MR) is 74.2 cm³/mol. The van der Waals surface area contributed by atoms with Crippen LogP contribution in [0.15, 0.2) is 30.6 Å². The van der Waals surface area contributed by atoms with Crippen molar-refractivity contribution in [3.05, 3.63) is 46.9 Å². The third kappa shape index (κ3) is 2.94. The van der Waals surface area contributed by atoms with E-state index >= 15 is 0 Å². The van der Waals surface area contributed by atoms with Gasteiger partial charge < -0.3 is 10.5 Å². The predicted octanol–water partition coefficient (Wildman–Crippen LogP) is 2.86. The SMILES string of the molecule is Cc1ccc(Oc2cnc(C(N)=S)cn2)c(Cl)c1. The van der Waals surface area contributed by atoms with Crippen LogP contribution in [0.1, 0.15) is 11.3 Å². The smallest absolute Gasteiger partial charge is 0.237 e. The van der Waals surface area contributed by atoms with Gasteiger partial charge in [-0.2, -0.15) is 0 Å². The summed E-state index contributed by atoms with van der Waals surface area (Å²) in [5.41, 5.74) is 6.93. The summed E-state index contributed by atoms with van der Waals surface area (Å²) in [6, 6.07) is 5.49. The van der Waals surface area contributed by atoms with Crippen molar-refractivity contribution in [1.82, 2.24) is 9.97 Å². The molecule has 1 heterocycles. The third-order valence-electron chi connectivity index (χ3n) is 2.18. The lowest BCUT2D eigenvalue weighted by atomic mass is 10.2. The largest absolute Gasteiger partial charge is 0.436 e. The minimum Gasteiger partial charge on any atom is -0.436 e. The molecule has 1 aromatic carbocycles. The number of benzene rings is 1. The molecule has 0 spiro atoms. The first-order valence-electron chi connectivity index (χ1n) is 5.12. The first-order valence-corrected chi connectivity index (χ1v) is 5.91. The number of aromatic nitrogens is 2. The van der Waals surface area contributed by atoms with Crippen molar-refractivity contribution >= 4 is 28.8 Å². The molecule has 0 radical (unpaired) electrons. The van der Waals surface area contributed by atoms with Gasteiger partial charge in [-0.3, -0.25) is 0 Å². The second kappa shape index (κ2) is 5.29. The average molecular weight is 280 g/mol. The molecule has 2 aromatic rings. The van der Waals surface area contributed by atoms with Gasteiger partial charge >= 0.3 is 0 Å². The van der Waals surface area contributed by atoms with E-state index in [1.165, 1.54) is 12.4 Å². The van der Waals surface area contributed by atoms with Crippen molar-refractivity contribution in [2.24, 2.45) is 5.73 Å². The zero-order chi connectivity index (χ0) is 13.1. The standard InChI is InChI=1S/C12H10ClN3OS/c1-7-2-3-10(8(13)4-7)17-11-6-15-9(5-16-11)12(14)18/h2-6H,1H3,(H2,14,18). The van der Waals surface area contributed by atoms with E-state index in [0.29, 0.717) is 22.3 Å². The summed E-state index contributed by atoms with van der Waals surface area (Å²) >= 11 is 10.8. The molecule has 0 amide bonds. The van der Waals surface area contributed by atoms with Crippen LogP contribution in [0.2, 0.25) is 5.02 Å². The fourth-order valence-corrected chi connectivity index (χ4v) is 1.68. The molecule has 2 rings (SSSR count). The van der Waals surface area contributed by atoms with Crippen molar-refractivity contribution in [3.63, 3.8) is 0 Å². The Hall–Kier alpha value is -1.72. The van der Waals surface area contributed by atoms with Crippen LogP contribution in [-0.2, 0) is 0 Å². The van der Waals surface area contributed by atoms with Gasteiger partial charge in [0.05, 0.1) is 17.4 Å². The number of hydrogen-bond donors (Lipinski definition) is 1. The maximum atomic E-state index is 6.05. The Balaban J connectivity index is 2.21. The molecule has 0 atom stereocenters. The monoisotopic (exact) mass is 279 g/mol. The van der Waals surface area contributed by atoms with Gasteiger partial charge in [-0.25, -0.2) is 9.97 Å². The second-order valence-corrected chi connectivity index (χ2v) is 4.49. The number of hydrogen-bond acceptors (Lipinski definition) is 4. The molecule has 0 bridgehead atoms. The molecule has 0 fully saturated rings. The van der Waals surface area contributed by atoms with Crippen LogP contribution in [0.3, 0.4) is 0 Å². The highest BCUT2D eigenvalue weighted by atomic mass is 35.5. The summed E-state index contributed by atoms with van der Waals surface area (Å²) in [5.74, 6) is 0.861. The Kier molecular flexibility index (Phi) is 3.74. The Morgan fingerprint density at radius 2 is 2.11 bits per heavy atom. The van der Waals surface area contributed by atoms with E-state index in [-0.39, 0.29) is 4.99 Å². The summed E-state index contributed by atoms with van der Waals surface area (Å²) in [7, 11) is 0. The highest BCUT2D eigenvalue weighted by Gasteiger charge is 2.05. The molecular weight excluding hydrogens is 270 g/mol. The van der Waals surface area contributed by atoms with Gasteiger partial charge in [-0.1, -0.05) is 29.9 Å². The lowest BCUT2D eigenvalue weighted by Gasteiger charge is -2.07. The summed E-state index contributed by atoms with van der Waals surface area (Å²) in [6.07, 6.45) is 2.91. The molecule has 0 aliphatic carbocycles. The zero-order valence-corrected chi connectivity index (χ0v) is 11.1. The highest BCUT2D eigenvalue weighted by molar-refractivity contribution is 7.80. The van der Waals surface area contributed by atoms with Crippen molar-refractivity contribution in [2.45, 2.75) is 6.92 Å². The first kappa shape index (κ1) is 12.7. The van der Waals surface area contributed by atoms with E-state index < -0.39 is 0 Å². The van der Waals surface area contributed by atoms with Crippen LogP contribution in [-0.4, -0.2) is 15.0 Å². The van der Waals surface area contributed by atoms with Crippen LogP contribution < -0.4 is 10.5 Å². The molecule has 4 nitrogen and oxygen atoms in total. The molecule has 92 valence electrons. The van der Waals surface area contributed by atoms with Crippen molar-refractivity contribution in [1.29, 1.82) is 0 Å². The third-order valence-corrected chi connectivity index (χ3v) is 2.69. The Labute approximate surface area is 115 Å². The number of nitrogens with two attached hydrogens (primary N) is 1. The summed E-state index contributed by atoms with van der Waals surface area (Å²) < 4.78 is 5.51. The van der Waals surface area contributed by atoms with Gasteiger partial charge in [0.1, 0.15) is 16.4 Å². The molecule has 0 aliphatic heterocycles. The minimum absolute atomic E-state index is 0.197. The average Bonchev–Trinajstić information content (AvgIpc) is 2.33. The van der Waals surface area contributed by atoms with E-state index in [0.717, 1.165) is 5.56 Å². The van der Waals surface area contributed by atoms with Gasteiger partial charge in [-0.15, -0.1) is 0 Å². The van der Waals surface area contributed by atoms with Gasteiger partial charge in [0.25, 0.3) is 0 Å². The van der Waals surface area contributed by atoms with Crippen LogP contribution in [0.4, 0.5) is 0 Å². The van der Waals surface area contributed by atoms with E-state index in [9.17, 15) is 0 Å². The molecule has 0 aliphatic rings. The molecule has 18 heavy (non-hydrogen) atoms. The number of rotatable bonds is 3. The van der Waals surface area contributed by atoms with Gasteiger partial charge in [-0.05, 0) is 24.6 Å². The number of aryl methyl sites for hydroxylation is 1. The highest BCUT2D eigenvalue weighted by Crippen LogP contribution is 2.28. The van der Waals surface area contributed by atoms with E-state index in [1.807, 2.05) is 19.1 Å². The van der Waals surface area contributed by atoms with Gasteiger partial charge in [0.2, 0.25) is 5.88 Å². The lowest BCUT2D eigenvalue weighted by Crippen LogP contribution is -2.11. The molecule has 6 heteroatoms. The minimum atomic E-state index is 0.197. The summed E-state index contributed by atoms with van der Waals surface area (Å²) in [4.78, 5) is 8.27. The number of halogens is 1. The molecule has 0 unspecified atom stereocenters. The Morgan fingerprint density at radius 1 is 1.33 bits per heavy atom. The van der Waals surface area contributed by atoms with Crippen molar-refractivity contribution in [2.75, 3.05) is 0 Å². The van der Waals surface area contributed by atoms with Crippen molar-refractivity contribution in [3.8, 4) is 11.6 Å². The maximum Gasteiger partial charge on any atom is 0.237 e. The quantitative estimate of drug-likeness (QED) is 0.876. The molecular formula is C12H10ClN3OS. The lowest BCUT2D eigenvalue weighted by molar-refractivity contribution is 0.460. The van der Waals surface area contributed by atoms with Crippen LogP contribution in [0.25, 0.3) is 0 Å². The Bertz CT molecular complexity index is 586. The van der Waals surface area contributed by atoms with Crippen LogP contribution >= 0.6 is 23.8 Å². The summed E-state index contributed by atoms with van der Waals surface area (Å²) in [5, 5.41) is 0.523. The number of thiocarbonyl (C=S) groups is 1. The normalized spacial score (nSPS) is 10.1. The fraction of sp³-hybridized carbons (Fsp3) is 0.0833. The molecule has 0 saturated carbocycles. The first-order chi connectivity index (χ1) is 8.56. The Morgan fingerprint density at radius 3 is 2.67 bits per heavy atom. The maximum absolute atomic E-state index is 6.05. The number of ether oxygens (including phenoxy) is 1. The molecule has 2 N–H and O–H groups in total. The topological polar surface area (TPSA) is 61.0 Å². The zero-order valence-electron chi connectivity index (χ0n) is 9.55. The van der Waals surface area contributed by atoms with Gasteiger partial charge in [0.15, 0.2) is 0 Å². The second-order valence-electron chi connectivity index (χ2n) is 3.64.